The quantitative estimate of drug-likeness (QED) is 0.211. The Hall–Kier alpha value is -0.280. The molecule has 0 fully saturated rings. The van der Waals surface area contributed by atoms with E-state index in [-0.39, 0.29) is 29.6 Å². The van der Waals surface area contributed by atoms with Gasteiger partial charge in [-0.05, 0) is 6.42 Å². The standard InChI is InChI=1S/C13H11F17O3S.Na/c1-2-3-4-5(34(31,32)33)6(14,15)7(16,17)8(18,19)9(20,21)10(22,23)11(24,25)12(26,27)13(28,29)30;/h5H,2-4H2,1H3,(H,31,32,33);/q;+1/p-1/t5-;/m0./s1. The van der Waals surface area contributed by atoms with E-state index in [2.05, 4.69) is 0 Å². The first kappa shape index (κ1) is 36.9. The van der Waals surface area contributed by atoms with Crippen LogP contribution in [0.4, 0.5) is 74.6 Å². The molecule has 1 atom stereocenters. The van der Waals surface area contributed by atoms with Crippen LogP contribution in [-0.4, -0.2) is 65.9 Å². The van der Waals surface area contributed by atoms with Gasteiger partial charge in [0.2, 0.25) is 0 Å². The summed E-state index contributed by atoms with van der Waals surface area (Å²) in [6, 6.07) is 0. The molecule has 0 spiro atoms. The summed E-state index contributed by atoms with van der Waals surface area (Å²) in [4.78, 5) is 0. The minimum atomic E-state index is -8.83. The Bertz CT molecular complexity index is 837. The molecule has 0 heterocycles. The molecular weight excluding hydrogens is 582 g/mol. The summed E-state index contributed by atoms with van der Waals surface area (Å²) in [5.41, 5.74) is 0. The Labute approximate surface area is 206 Å². The second kappa shape index (κ2) is 10.1. The molecular formula is C13H10F17NaO3S. The zero-order valence-corrected chi connectivity index (χ0v) is 19.6. The predicted octanol–water partition coefficient (Wildman–Crippen LogP) is 3.10. The normalized spacial score (nSPS) is 16.7. The van der Waals surface area contributed by atoms with Gasteiger partial charge < -0.3 is 4.55 Å². The molecule has 0 saturated heterocycles. The average molecular weight is 592 g/mol. The summed E-state index contributed by atoms with van der Waals surface area (Å²) in [5, 5.41) is -4.57. The first-order valence-corrected chi connectivity index (χ1v) is 9.57. The third-order valence-corrected chi connectivity index (χ3v) is 5.55. The molecule has 0 saturated carbocycles. The van der Waals surface area contributed by atoms with E-state index in [0.717, 1.165) is 6.92 Å². The van der Waals surface area contributed by atoms with Crippen molar-refractivity contribution in [2.24, 2.45) is 0 Å². The average Bonchev–Trinajstić information content (AvgIpc) is 2.58. The maximum atomic E-state index is 13.9. The van der Waals surface area contributed by atoms with Gasteiger partial charge in [0.15, 0.2) is 0 Å². The first-order chi connectivity index (χ1) is 14.4. The van der Waals surface area contributed by atoms with E-state index in [1.807, 2.05) is 0 Å². The van der Waals surface area contributed by atoms with Gasteiger partial charge in [0.05, 0.1) is 0 Å². The number of hydrogen-bond donors (Lipinski definition) is 0. The van der Waals surface area contributed by atoms with Gasteiger partial charge in [-0.1, -0.05) is 19.8 Å². The van der Waals surface area contributed by atoms with Crippen LogP contribution in [0.15, 0.2) is 0 Å². The summed E-state index contributed by atoms with van der Waals surface area (Å²) in [5.74, 6) is -58.7. The number of halogens is 17. The fourth-order valence-corrected chi connectivity index (χ4v) is 3.24. The number of rotatable bonds is 11. The van der Waals surface area contributed by atoms with Crippen molar-refractivity contribution < 1.29 is 117 Å². The molecule has 0 aromatic rings. The van der Waals surface area contributed by atoms with Crippen LogP contribution in [0.3, 0.4) is 0 Å². The maximum absolute atomic E-state index is 13.9. The molecule has 0 aliphatic carbocycles. The summed E-state index contributed by atoms with van der Waals surface area (Å²) in [7, 11) is -6.85. The third-order valence-electron chi connectivity index (χ3n) is 4.32. The Kier molecular flexibility index (Phi) is 10.7. The molecule has 0 bridgehead atoms. The number of unbranched alkanes of at least 4 members (excludes halogenated alkanes) is 1. The Morgan fingerprint density at radius 1 is 0.600 bits per heavy atom. The molecule has 0 aliphatic rings. The molecule has 0 amide bonds. The molecule has 3 nitrogen and oxygen atoms in total. The van der Waals surface area contributed by atoms with E-state index in [4.69, 9.17) is 0 Å². The minimum absolute atomic E-state index is 0. The van der Waals surface area contributed by atoms with Gasteiger partial charge in [0.25, 0.3) is 0 Å². The van der Waals surface area contributed by atoms with Crippen molar-refractivity contribution in [3.63, 3.8) is 0 Å². The molecule has 0 aliphatic heterocycles. The molecule has 0 aromatic heterocycles. The SMILES string of the molecule is CCCC[C@@H](C(F)(F)C(F)(F)C(F)(F)C(F)(F)C(F)(F)C(F)(F)C(F)(F)C(F)(F)F)S(=O)(=O)[O-].[Na+]. The van der Waals surface area contributed by atoms with Crippen molar-refractivity contribution in [2.45, 2.75) is 79.1 Å². The van der Waals surface area contributed by atoms with Crippen LogP contribution in [0.5, 0.6) is 0 Å². The number of hydrogen-bond acceptors (Lipinski definition) is 3. The van der Waals surface area contributed by atoms with E-state index in [0.29, 0.717) is 0 Å². The van der Waals surface area contributed by atoms with E-state index in [9.17, 15) is 87.6 Å². The van der Waals surface area contributed by atoms with Crippen molar-refractivity contribution in [3.05, 3.63) is 0 Å². The molecule has 0 rings (SSSR count). The van der Waals surface area contributed by atoms with Crippen molar-refractivity contribution in [2.75, 3.05) is 0 Å². The van der Waals surface area contributed by atoms with Gasteiger partial charge in [-0.15, -0.1) is 0 Å². The van der Waals surface area contributed by atoms with Crippen LogP contribution < -0.4 is 29.6 Å². The molecule has 0 unspecified atom stereocenters. The zero-order valence-electron chi connectivity index (χ0n) is 16.8. The van der Waals surface area contributed by atoms with Crippen LogP contribution in [0.25, 0.3) is 0 Å². The summed E-state index contributed by atoms with van der Waals surface area (Å²) < 4.78 is 256. The van der Waals surface area contributed by atoms with Gasteiger partial charge >= 0.3 is 77.2 Å². The van der Waals surface area contributed by atoms with Crippen LogP contribution >= 0.6 is 0 Å². The summed E-state index contributed by atoms with van der Waals surface area (Å²) in [6.45, 7) is 0.997. The van der Waals surface area contributed by atoms with Crippen LogP contribution in [0, 0.1) is 0 Å². The number of alkyl halides is 17. The second-order valence-electron chi connectivity index (χ2n) is 6.69. The van der Waals surface area contributed by atoms with E-state index in [1.165, 1.54) is 0 Å². The third kappa shape index (κ3) is 5.47. The van der Waals surface area contributed by atoms with Gasteiger partial charge in [0.1, 0.15) is 15.4 Å². The monoisotopic (exact) mass is 592 g/mol. The molecule has 0 aromatic carbocycles. The van der Waals surface area contributed by atoms with Crippen LogP contribution in [-0.2, 0) is 10.1 Å². The van der Waals surface area contributed by atoms with Gasteiger partial charge in [-0.25, -0.2) is 8.42 Å². The molecule has 22 heteroatoms. The predicted molar refractivity (Wildman–Crippen MR) is 73.7 cm³/mol. The molecule has 35 heavy (non-hydrogen) atoms. The second-order valence-corrected chi connectivity index (χ2v) is 8.25. The fourth-order valence-electron chi connectivity index (χ4n) is 2.27. The van der Waals surface area contributed by atoms with E-state index in [1.54, 1.807) is 0 Å². The minimum Gasteiger partial charge on any atom is -0.748 e. The van der Waals surface area contributed by atoms with Crippen molar-refractivity contribution in [3.8, 4) is 0 Å². The smallest absolute Gasteiger partial charge is 0.748 e. The Morgan fingerprint density at radius 2 is 0.886 bits per heavy atom. The van der Waals surface area contributed by atoms with Crippen LogP contribution in [0.2, 0.25) is 0 Å². The zero-order chi connectivity index (χ0) is 28.2. The van der Waals surface area contributed by atoms with Crippen molar-refractivity contribution in [1.29, 1.82) is 0 Å². The van der Waals surface area contributed by atoms with Crippen LogP contribution in [0.1, 0.15) is 26.2 Å². The van der Waals surface area contributed by atoms with Gasteiger partial charge in [-0.2, -0.15) is 74.6 Å². The Balaban J connectivity index is 0. The summed E-state index contributed by atoms with van der Waals surface area (Å²) >= 11 is 0. The van der Waals surface area contributed by atoms with Gasteiger partial charge in [0, 0.05) is 0 Å². The van der Waals surface area contributed by atoms with E-state index < -0.39 is 82.3 Å². The van der Waals surface area contributed by atoms with E-state index >= 15 is 0 Å². The first-order valence-electron chi connectivity index (χ1n) is 8.10. The molecule has 0 radical (unpaired) electrons. The largest absolute Gasteiger partial charge is 1.00 e. The maximum Gasteiger partial charge on any atom is 1.00 e. The van der Waals surface area contributed by atoms with Crippen molar-refractivity contribution >= 4 is 10.1 Å². The van der Waals surface area contributed by atoms with Gasteiger partial charge in [-0.3, -0.25) is 0 Å². The fraction of sp³-hybridized carbons (Fsp3) is 1.00. The summed E-state index contributed by atoms with van der Waals surface area (Å²) in [6.07, 6.45) is -11.3. The molecule has 0 N–H and O–H groups in total. The molecule has 206 valence electrons. The Morgan fingerprint density at radius 3 is 1.14 bits per heavy atom. The van der Waals surface area contributed by atoms with Crippen molar-refractivity contribution in [1.82, 2.24) is 0 Å². The topological polar surface area (TPSA) is 57.2 Å².